The highest BCUT2D eigenvalue weighted by Crippen LogP contribution is 1.98. The van der Waals surface area contributed by atoms with Crippen LogP contribution in [0.4, 0.5) is 0 Å². The van der Waals surface area contributed by atoms with E-state index < -0.39 is 5.91 Å². The molecule has 0 saturated carbocycles. The minimum absolute atomic E-state index is 0.0197. The van der Waals surface area contributed by atoms with E-state index >= 15 is 0 Å². The Morgan fingerprint density at radius 2 is 2.50 bits per heavy atom. The molecule has 4 heteroatoms. The van der Waals surface area contributed by atoms with Gasteiger partial charge in [-0.05, 0) is 0 Å². The average Bonchev–Trinajstić information content (AvgIpc) is 2.15. The molecule has 0 atom stereocenters. The summed E-state index contributed by atoms with van der Waals surface area (Å²) >= 11 is 0. The molecular formula is C6H8N2O2. The summed E-state index contributed by atoms with van der Waals surface area (Å²) in [5.74, 6) is -0.615. The van der Waals surface area contributed by atoms with E-state index in [0.29, 0.717) is 6.54 Å². The minimum Gasteiger partial charge on any atom is -0.368 e. The Balaban J connectivity index is 2.45. The summed E-state index contributed by atoms with van der Waals surface area (Å²) in [6, 6.07) is 0. The summed E-state index contributed by atoms with van der Waals surface area (Å²) in [6.45, 7) is 0.521. The van der Waals surface area contributed by atoms with Gasteiger partial charge in [0.2, 0.25) is 11.8 Å². The summed E-state index contributed by atoms with van der Waals surface area (Å²) < 4.78 is 0. The van der Waals surface area contributed by atoms with Gasteiger partial charge in [-0.15, -0.1) is 0 Å². The molecule has 4 nitrogen and oxygen atoms in total. The first kappa shape index (κ1) is 6.80. The summed E-state index contributed by atoms with van der Waals surface area (Å²) in [7, 11) is 0. The minimum atomic E-state index is -0.475. The fourth-order valence-electron chi connectivity index (χ4n) is 0.807. The second kappa shape index (κ2) is 2.51. The van der Waals surface area contributed by atoms with Crippen LogP contribution in [0.5, 0.6) is 0 Å². The van der Waals surface area contributed by atoms with Gasteiger partial charge >= 0.3 is 0 Å². The van der Waals surface area contributed by atoms with Gasteiger partial charge in [0.15, 0.2) is 0 Å². The molecule has 0 aromatic heterocycles. The molecule has 0 radical (unpaired) electrons. The molecule has 10 heavy (non-hydrogen) atoms. The third kappa shape index (κ3) is 1.34. The zero-order valence-electron chi connectivity index (χ0n) is 5.41. The maximum Gasteiger partial charge on any atom is 0.247 e. The lowest BCUT2D eigenvalue weighted by molar-refractivity contribution is -0.129. The lowest BCUT2D eigenvalue weighted by atomic mass is 10.5. The summed E-state index contributed by atoms with van der Waals surface area (Å²) in [6.07, 6.45) is 3.13. The Morgan fingerprint density at radius 3 is 2.90 bits per heavy atom. The summed E-state index contributed by atoms with van der Waals surface area (Å²) in [4.78, 5) is 22.4. The van der Waals surface area contributed by atoms with Crippen LogP contribution < -0.4 is 5.73 Å². The van der Waals surface area contributed by atoms with Crippen LogP contribution in [0, 0.1) is 0 Å². The number of carbonyl (C=O) groups excluding carboxylic acids is 2. The number of primary amides is 1. The van der Waals surface area contributed by atoms with Crippen molar-refractivity contribution in [3.63, 3.8) is 0 Å². The van der Waals surface area contributed by atoms with E-state index in [1.54, 1.807) is 6.08 Å². The lowest BCUT2D eigenvalue weighted by Gasteiger charge is -2.11. The molecular weight excluding hydrogens is 132 g/mol. The number of nitrogens with two attached hydrogens (primary N) is 1. The fourth-order valence-corrected chi connectivity index (χ4v) is 0.807. The Labute approximate surface area is 58.3 Å². The van der Waals surface area contributed by atoms with Gasteiger partial charge in [0, 0.05) is 12.6 Å². The molecule has 0 unspecified atom stereocenters. The average molecular weight is 140 g/mol. The maximum absolute atomic E-state index is 10.7. The van der Waals surface area contributed by atoms with Crippen molar-refractivity contribution in [1.29, 1.82) is 0 Å². The van der Waals surface area contributed by atoms with Gasteiger partial charge in [-0.3, -0.25) is 9.59 Å². The fraction of sp³-hybridized carbons (Fsp3) is 0.333. The molecule has 1 aliphatic heterocycles. The first-order chi connectivity index (χ1) is 4.70. The van der Waals surface area contributed by atoms with Gasteiger partial charge in [-0.2, -0.15) is 0 Å². The van der Waals surface area contributed by atoms with Gasteiger partial charge in [0.25, 0.3) is 0 Å². The summed E-state index contributed by atoms with van der Waals surface area (Å²) in [5, 5.41) is 0. The number of carbonyl (C=O) groups is 2. The highest BCUT2D eigenvalue weighted by atomic mass is 16.2. The molecule has 0 aromatic rings. The number of amides is 2. The molecule has 1 heterocycles. The van der Waals surface area contributed by atoms with Gasteiger partial charge in [-0.1, -0.05) is 6.08 Å². The largest absolute Gasteiger partial charge is 0.368 e. The van der Waals surface area contributed by atoms with Crippen molar-refractivity contribution in [2.24, 2.45) is 5.73 Å². The molecule has 1 rings (SSSR count). The predicted molar refractivity (Wildman–Crippen MR) is 34.9 cm³/mol. The predicted octanol–water partition coefficient (Wildman–Crippen LogP) is -1.13. The second-order valence-electron chi connectivity index (χ2n) is 2.09. The molecule has 0 spiro atoms. The summed E-state index contributed by atoms with van der Waals surface area (Å²) in [5.41, 5.74) is 4.87. The molecule has 2 N–H and O–H groups in total. The lowest BCUT2D eigenvalue weighted by Crippen LogP contribution is -2.34. The Hall–Kier alpha value is -1.32. The van der Waals surface area contributed by atoms with Gasteiger partial charge < -0.3 is 10.6 Å². The van der Waals surface area contributed by atoms with Crippen LogP contribution >= 0.6 is 0 Å². The van der Waals surface area contributed by atoms with E-state index in [1.165, 1.54) is 11.0 Å². The molecule has 0 fully saturated rings. The smallest absolute Gasteiger partial charge is 0.247 e. The Morgan fingerprint density at radius 1 is 1.80 bits per heavy atom. The van der Waals surface area contributed by atoms with E-state index in [4.69, 9.17) is 5.73 Å². The van der Waals surface area contributed by atoms with Gasteiger partial charge in [0.05, 0.1) is 6.54 Å². The van der Waals surface area contributed by atoms with E-state index in [1.807, 2.05) is 0 Å². The van der Waals surface area contributed by atoms with Gasteiger partial charge in [-0.25, -0.2) is 0 Å². The van der Waals surface area contributed by atoms with E-state index in [9.17, 15) is 9.59 Å². The molecule has 0 aromatic carbocycles. The van der Waals surface area contributed by atoms with Gasteiger partial charge in [0.1, 0.15) is 0 Å². The molecule has 0 saturated heterocycles. The highest BCUT2D eigenvalue weighted by Gasteiger charge is 2.15. The number of rotatable bonds is 2. The maximum atomic E-state index is 10.7. The Kier molecular flexibility index (Phi) is 1.71. The third-order valence-corrected chi connectivity index (χ3v) is 1.24. The van der Waals surface area contributed by atoms with Crippen LogP contribution in [0.1, 0.15) is 0 Å². The van der Waals surface area contributed by atoms with Crippen LogP contribution in [-0.2, 0) is 9.59 Å². The monoisotopic (exact) mass is 140 g/mol. The zero-order valence-corrected chi connectivity index (χ0v) is 5.41. The van der Waals surface area contributed by atoms with Crippen molar-refractivity contribution in [3.05, 3.63) is 12.2 Å². The van der Waals surface area contributed by atoms with Crippen LogP contribution in [0.15, 0.2) is 12.2 Å². The van der Waals surface area contributed by atoms with Crippen molar-refractivity contribution < 1.29 is 9.59 Å². The van der Waals surface area contributed by atoms with Crippen LogP contribution in [0.2, 0.25) is 0 Å². The van der Waals surface area contributed by atoms with Crippen LogP contribution in [-0.4, -0.2) is 29.8 Å². The first-order valence-corrected chi connectivity index (χ1v) is 2.94. The van der Waals surface area contributed by atoms with E-state index in [-0.39, 0.29) is 12.5 Å². The van der Waals surface area contributed by atoms with Crippen LogP contribution in [0.25, 0.3) is 0 Å². The second-order valence-corrected chi connectivity index (χ2v) is 2.09. The highest BCUT2D eigenvalue weighted by molar-refractivity contribution is 5.92. The first-order valence-electron chi connectivity index (χ1n) is 2.94. The van der Waals surface area contributed by atoms with E-state index in [0.717, 1.165) is 0 Å². The van der Waals surface area contributed by atoms with Crippen molar-refractivity contribution in [3.8, 4) is 0 Å². The van der Waals surface area contributed by atoms with Crippen molar-refractivity contribution in [2.45, 2.75) is 0 Å². The topological polar surface area (TPSA) is 63.4 Å². The molecule has 0 bridgehead atoms. The third-order valence-electron chi connectivity index (χ3n) is 1.24. The van der Waals surface area contributed by atoms with Crippen molar-refractivity contribution >= 4 is 11.8 Å². The normalized spacial score (nSPS) is 16.4. The molecule has 54 valence electrons. The number of hydrogen-bond acceptors (Lipinski definition) is 2. The molecule has 1 aliphatic rings. The quantitative estimate of drug-likeness (QED) is 0.527. The standard InChI is InChI=1S/C6H8N2O2/c7-5(9)4-8-3-1-2-6(8)10/h1-2H,3-4H2,(H2,7,9). The number of hydrogen-bond donors (Lipinski definition) is 1. The van der Waals surface area contributed by atoms with Crippen molar-refractivity contribution in [1.82, 2.24) is 4.90 Å². The SMILES string of the molecule is NC(=O)CN1CC=CC1=O. The Bertz CT molecular complexity index is 198. The number of nitrogens with zero attached hydrogens (tertiary/aromatic N) is 1. The molecule has 2 amide bonds. The van der Waals surface area contributed by atoms with Crippen LogP contribution in [0.3, 0.4) is 0 Å². The molecule has 0 aliphatic carbocycles. The van der Waals surface area contributed by atoms with Crippen molar-refractivity contribution in [2.75, 3.05) is 13.1 Å². The zero-order chi connectivity index (χ0) is 7.56. The van der Waals surface area contributed by atoms with E-state index in [2.05, 4.69) is 0 Å².